The van der Waals surface area contributed by atoms with Crippen molar-refractivity contribution in [3.8, 4) is 0 Å². The van der Waals surface area contributed by atoms with Crippen LogP contribution in [0.4, 0.5) is 0 Å². The van der Waals surface area contributed by atoms with Crippen LogP contribution in [0.5, 0.6) is 0 Å². The van der Waals surface area contributed by atoms with E-state index in [-0.39, 0.29) is 17.0 Å². The molecule has 0 nitrogen and oxygen atoms in total. The first-order valence-electron chi connectivity index (χ1n) is 3.28. The molecule has 0 saturated carbocycles. The third kappa shape index (κ3) is 5.28. The first-order chi connectivity index (χ1) is 3.72. The standard InChI is InChI=1S/C7H17S.BrH/c1-5-7(6-2)8(3)4;/h7H,5-6H2,1-4H3;1H/q+1;/p-1. The van der Waals surface area contributed by atoms with Crippen LogP contribution in [-0.2, 0) is 10.9 Å². The van der Waals surface area contributed by atoms with E-state index in [1.807, 2.05) is 0 Å². The van der Waals surface area contributed by atoms with Crippen molar-refractivity contribution in [3.05, 3.63) is 0 Å². The second-order valence-corrected chi connectivity index (χ2v) is 4.74. The number of rotatable bonds is 3. The maximum absolute atomic E-state index is 2.33. The quantitative estimate of drug-likeness (QED) is 0.531. The van der Waals surface area contributed by atoms with Crippen molar-refractivity contribution in [2.24, 2.45) is 0 Å². The van der Waals surface area contributed by atoms with Crippen LogP contribution < -0.4 is 17.0 Å². The third-order valence-electron chi connectivity index (χ3n) is 1.58. The lowest BCUT2D eigenvalue weighted by molar-refractivity contribution is -0.00000197. The molecule has 0 unspecified atom stereocenters. The summed E-state index contributed by atoms with van der Waals surface area (Å²) in [5, 5.41) is 0.981. The van der Waals surface area contributed by atoms with E-state index in [0.29, 0.717) is 10.9 Å². The summed E-state index contributed by atoms with van der Waals surface area (Å²) in [6.45, 7) is 4.56. The van der Waals surface area contributed by atoms with Crippen LogP contribution in [0.1, 0.15) is 26.7 Å². The highest BCUT2D eigenvalue weighted by Crippen LogP contribution is 2.07. The van der Waals surface area contributed by atoms with Crippen molar-refractivity contribution >= 4 is 10.9 Å². The summed E-state index contributed by atoms with van der Waals surface area (Å²) < 4.78 is 0. The van der Waals surface area contributed by atoms with E-state index in [2.05, 4.69) is 26.4 Å². The predicted octanol–water partition coefficient (Wildman–Crippen LogP) is -0.943. The van der Waals surface area contributed by atoms with Crippen molar-refractivity contribution in [2.75, 3.05) is 12.5 Å². The first kappa shape index (κ1) is 12.5. The molecule has 0 bridgehead atoms. The van der Waals surface area contributed by atoms with Crippen LogP contribution in [0.3, 0.4) is 0 Å². The molecule has 0 aliphatic heterocycles. The summed E-state index contributed by atoms with van der Waals surface area (Å²) >= 11 is 0. The molecule has 0 saturated heterocycles. The number of hydrogen-bond donors (Lipinski definition) is 0. The van der Waals surface area contributed by atoms with Crippen molar-refractivity contribution < 1.29 is 17.0 Å². The van der Waals surface area contributed by atoms with E-state index in [9.17, 15) is 0 Å². The van der Waals surface area contributed by atoms with Gasteiger partial charge in [0.05, 0.1) is 12.5 Å². The van der Waals surface area contributed by atoms with Crippen LogP contribution in [0.15, 0.2) is 0 Å². The second kappa shape index (κ2) is 6.94. The monoisotopic (exact) mass is 212 g/mol. The molecule has 2 heteroatoms. The van der Waals surface area contributed by atoms with Gasteiger partial charge >= 0.3 is 0 Å². The van der Waals surface area contributed by atoms with Gasteiger partial charge in [-0.05, 0) is 23.7 Å². The smallest absolute Gasteiger partial charge is 0.117 e. The fourth-order valence-corrected chi connectivity index (χ4v) is 2.29. The van der Waals surface area contributed by atoms with E-state index in [4.69, 9.17) is 0 Å². The molecule has 58 valence electrons. The Hall–Kier alpha value is 0.830. The average molecular weight is 213 g/mol. The van der Waals surface area contributed by atoms with Gasteiger partial charge in [0.15, 0.2) is 0 Å². The molecule has 0 heterocycles. The molecule has 0 fully saturated rings. The SMILES string of the molecule is CCC(CC)[S+](C)C.[Br-]. The van der Waals surface area contributed by atoms with Gasteiger partial charge in [-0.1, -0.05) is 13.8 Å². The molecule has 0 spiro atoms. The van der Waals surface area contributed by atoms with Gasteiger partial charge in [0.1, 0.15) is 5.25 Å². The molecular formula is C7H17BrS. The van der Waals surface area contributed by atoms with Gasteiger partial charge in [0.25, 0.3) is 0 Å². The van der Waals surface area contributed by atoms with Gasteiger partial charge < -0.3 is 17.0 Å². The minimum atomic E-state index is 0. The van der Waals surface area contributed by atoms with Gasteiger partial charge in [-0.2, -0.15) is 0 Å². The molecule has 9 heavy (non-hydrogen) atoms. The third-order valence-corrected chi connectivity index (χ3v) is 3.58. The molecule has 0 aliphatic carbocycles. The Bertz CT molecular complexity index is 50.9. The Morgan fingerprint density at radius 3 is 1.44 bits per heavy atom. The zero-order chi connectivity index (χ0) is 6.57. The van der Waals surface area contributed by atoms with Gasteiger partial charge in [-0.15, -0.1) is 0 Å². The predicted molar refractivity (Wildman–Crippen MR) is 43.6 cm³/mol. The molecule has 0 aromatic heterocycles. The Balaban J connectivity index is 0. The minimum absolute atomic E-state index is 0. The molecule has 0 aromatic carbocycles. The summed E-state index contributed by atoms with van der Waals surface area (Å²) in [6, 6.07) is 0. The molecule has 0 aromatic rings. The topological polar surface area (TPSA) is 0 Å². The van der Waals surface area contributed by atoms with Gasteiger partial charge in [0, 0.05) is 0 Å². The average Bonchev–Trinajstić information content (AvgIpc) is 1.69. The second-order valence-electron chi connectivity index (χ2n) is 2.32. The molecule has 0 aliphatic rings. The van der Waals surface area contributed by atoms with Crippen molar-refractivity contribution in [2.45, 2.75) is 31.9 Å². The normalized spacial score (nSPS) is 10.0. The van der Waals surface area contributed by atoms with Crippen LogP contribution in [0, 0.1) is 0 Å². The Kier molecular flexibility index (Phi) is 9.64. The van der Waals surface area contributed by atoms with Crippen molar-refractivity contribution in [1.29, 1.82) is 0 Å². The number of halogens is 1. The van der Waals surface area contributed by atoms with E-state index in [0.717, 1.165) is 5.25 Å². The van der Waals surface area contributed by atoms with Crippen LogP contribution in [0.2, 0.25) is 0 Å². The maximum Gasteiger partial charge on any atom is 0.117 e. The minimum Gasteiger partial charge on any atom is -1.00 e. The lowest BCUT2D eigenvalue weighted by atomic mass is 10.3. The maximum atomic E-state index is 2.33. The van der Waals surface area contributed by atoms with Gasteiger partial charge in [-0.3, -0.25) is 0 Å². The first-order valence-corrected chi connectivity index (χ1v) is 5.39. The van der Waals surface area contributed by atoms with Crippen molar-refractivity contribution in [3.63, 3.8) is 0 Å². The van der Waals surface area contributed by atoms with Crippen molar-refractivity contribution in [1.82, 2.24) is 0 Å². The summed E-state index contributed by atoms with van der Waals surface area (Å²) in [5.74, 6) is 0. The Morgan fingerprint density at radius 1 is 1.11 bits per heavy atom. The summed E-state index contributed by atoms with van der Waals surface area (Å²) in [5.41, 5.74) is 0. The highest BCUT2D eigenvalue weighted by molar-refractivity contribution is 7.96. The van der Waals surface area contributed by atoms with Gasteiger partial charge in [0.2, 0.25) is 0 Å². The number of hydrogen-bond acceptors (Lipinski definition) is 0. The highest BCUT2D eigenvalue weighted by Gasteiger charge is 2.15. The summed E-state index contributed by atoms with van der Waals surface area (Å²) in [7, 11) is 0.647. The molecular weight excluding hydrogens is 196 g/mol. The zero-order valence-corrected chi connectivity index (χ0v) is 9.18. The Labute approximate surface area is 72.5 Å². The molecule has 0 N–H and O–H groups in total. The summed E-state index contributed by atoms with van der Waals surface area (Å²) in [6.07, 6.45) is 7.37. The molecule has 0 atom stereocenters. The fraction of sp³-hybridized carbons (Fsp3) is 1.00. The lowest BCUT2D eigenvalue weighted by Gasteiger charge is -2.06. The highest BCUT2D eigenvalue weighted by atomic mass is 79.9. The van der Waals surface area contributed by atoms with E-state index in [1.165, 1.54) is 12.8 Å². The summed E-state index contributed by atoms with van der Waals surface area (Å²) in [4.78, 5) is 0. The van der Waals surface area contributed by atoms with Crippen LogP contribution in [-0.4, -0.2) is 17.8 Å². The lowest BCUT2D eigenvalue weighted by Crippen LogP contribution is -3.00. The van der Waals surface area contributed by atoms with E-state index < -0.39 is 0 Å². The zero-order valence-electron chi connectivity index (χ0n) is 6.78. The van der Waals surface area contributed by atoms with E-state index in [1.54, 1.807) is 0 Å². The molecule has 0 radical (unpaired) electrons. The fourth-order valence-electron chi connectivity index (χ4n) is 0.955. The molecule has 0 amide bonds. The molecule has 0 rings (SSSR count). The van der Waals surface area contributed by atoms with Crippen LogP contribution >= 0.6 is 0 Å². The largest absolute Gasteiger partial charge is 1.00 e. The van der Waals surface area contributed by atoms with E-state index >= 15 is 0 Å². The Morgan fingerprint density at radius 2 is 1.44 bits per heavy atom. The van der Waals surface area contributed by atoms with Gasteiger partial charge in [-0.25, -0.2) is 0 Å². The van der Waals surface area contributed by atoms with Crippen LogP contribution in [0.25, 0.3) is 0 Å².